The monoisotopic (exact) mass is 414 g/mol. The first-order valence-corrected chi connectivity index (χ1v) is 9.98. The second-order valence-electron chi connectivity index (χ2n) is 5.89. The van der Waals surface area contributed by atoms with E-state index in [1.807, 2.05) is 6.92 Å². The van der Waals surface area contributed by atoms with Crippen molar-refractivity contribution in [1.29, 1.82) is 0 Å². The molecule has 6 nitrogen and oxygen atoms in total. The summed E-state index contributed by atoms with van der Waals surface area (Å²) in [4.78, 5) is 13.4. The molecule has 2 aromatic rings. The molecule has 1 N–H and O–H groups in total. The van der Waals surface area contributed by atoms with Gasteiger partial charge in [0, 0.05) is 6.92 Å². The van der Waals surface area contributed by atoms with Crippen LogP contribution in [0.4, 0.5) is 11.4 Å². The van der Waals surface area contributed by atoms with Crippen molar-refractivity contribution < 1.29 is 17.9 Å². The maximum atomic E-state index is 12.8. The molecule has 0 saturated carbocycles. The minimum atomic E-state index is -3.97. The van der Waals surface area contributed by atoms with E-state index in [0.717, 1.165) is 0 Å². The maximum absolute atomic E-state index is 12.8. The molecule has 2 aromatic carbocycles. The van der Waals surface area contributed by atoms with Gasteiger partial charge in [0.15, 0.2) is 0 Å². The van der Waals surface area contributed by atoms with Crippen LogP contribution in [0, 0.1) is 0 Å². The van der Waals surface area contributed by atoms with Gasteiger partial charge in [-0.25, -0.2) is 8.42 Å². The topological polar surface area (TPSA) is 75.7 Å². The van der Waals surface area contributed by atoms with E-state index < -0.39 is 10.0 Å². The number of amides is 1. The zero-order valence-corrected chi connectivity index (χ0v) is 16.3. The number of fused-ring (bicyclic) bond motifs is 1. The number of hydrogen-bond acceptors (Lipinski definition) is 4. The highest BCUT2D eigenvalue weighted by molar-refractivity contribution is 7.92. The maximum Gasteiger partial charge on any atom is 0.262 e. The molecular weight excluding hydrogens is 399 g/mol. The number of nitrogens with one attached hydrogen (secondary N) is 1. The Kier molecular flexibility index (Phi) is 5.05. The lowest BCUT2D eigenvalue weighted by Crippen LogP contribution is -2.41. The average Bonchev–Trinajstić information content (AvgIpc) is 2.57. The van der Waals surface area contributed by atoms with Crippen molar-refractivity contribution >= 4 is 50.5 Å². The number of para-hydroxylation sites is 1. The van der Waals surface area contributed by atoms with Gasteiger partial charge in [0.05, 0.1) is 32.9 Å². The predicted octanol–water partition coefficient (Wildman–Crippen LogP) is 3.93. The first-order chi connectivity index (χ1) is 12.2. The Morgan fingerprint density at radius 2 is 1.88 bits per heavy atom. The summed E-state index contributed by atoms with van der Waals surface area (Å²) in [5, 5.41) is 0.364. The first-order valence-electron chi connectivity index (χ1n) is 7.74. The number of carbonyl (C=O) groups is 1. The molecule has 1 heterocycles. The van der Waals surface area contributed by atoms with E-state index >= 15 is 0 Å². The summed E-state index contributed by atoms with van der Waals surface area (Å²) >= 11 is 12.1. The Hall–Kier alpha value is -1.96. The highest BCUT2D eigenvalue weighted by atomic mass is 35.5. The number of halogens is 2. The zero-order valence-electron chi connectivity index (χ0n) is 14.0. The lowest BCUT2D eigenvalue weighted by molar-refractivity contribution is -0.117. The minimum absolute atomic E-state index is 0.0309. The first kappa shape index (κ1) is 18.8. The summed E-state index contributed by atoms with van der Waals surface area (Å²) in [6, 6.07) is 9.02. The standard InChI is InChI=1S/C17H16Cl2N2O4S/c1-10-9-21(11(2)22)15-8-12(6-7-16(15)25-10)26(23,24)20-17-13(18)4-3-5-14(17)19/h3-8,10,20H,9H2,1-2H3. The van der Waals surface area contributed by atoms with Gasteiger partial charge in [-0.05, 0) is 37.3 Å². The molecule has 1 unspecified atom stereocenters. The van der Waals surface area contributed by atoms with Crippen LogP contribution in [0.5, 0.6) is 5.75 Å². The molecule has 138 valence electrons. The van der Waals surface area contributed by atoms with Crippen LogP contribution in [0.15, 0.2) is 41.3 Å². The van der Waals surface area contributed by atoms with E-state index in [9.17, 15) is 13.2 Å². The Bertz CT molecular complexity index is 958. The lowest BCUT2D eigenvalue weighted by atomic mass is 10.2. The molecule has 1 amide bonds. The van der Waals surface area contributed by atoms with E-state index in [1.54, 1.807) is 6.07 Å². The fraction of sp³-hybridized carbons (Fsp3) is 0.235. The number of carbonyl (C=O) groups excluding carboxylic acids is 1. The van der Waals surface area contributed by atoms with Crippen LogP contribution in [0.25, 0.3) is 0 Å². The summed E-state index contributed by atoms with van der Waals surface area (Å²) in [6.07, 6.45) is -0.186. The van der Waals surface area contributed by atoms with E-state index in [1.165, 1.54) is 42.2 Å². The summed E-state index contributed by atoms with van der Waals surface area (Å²) in [5.41, 5.74) is 0.505. The van der Waals surface area contributed by atoms with Crippen molar-refractivity contribution in [2.75, 3.05) is 16.2 Å². The van der Waals surface area contributed by atoms with Crippen molar-refractivity contribution in [2.45, 2.75) is 24.8 Å². The minimum Gasteiger partial charge on any atom is -0.487 e. The van der Waals surface area contributed by atoms with Gasteiger partial charge < -0.3 is 9.64 Å². The van der Waals surface area contributed by atoms with E-state index in [4.69, 9.17) is 27.9 Å². The van der Waals surface area contributed by atoms with Gasteiger partial charge in [-0.3, -0.25) is 9.52 Å². The van der Waals surface area contributed by atoms with Crippen LogP contribution in [0.1, 0.15) is 13.8 Å². The molecule has 0 saturated heterocycles. The molecule has 3 rings (SSSR count). The molecule has 1 atom stereocenters. The Morgan fingerprint density at radius 3 is 2.50 bits per heavy atom. The molecular formula is C17H16Cl2N2O4S. The molecule has 9 heteroatoms. The van der Waals surface area contributed by atoms with Crippen molar-refractivity contribution in [3.63, 3.8) is 0 Å². The van der Waals surface area contributed by atoms with E-state index in [-0.39, 0.29) is 32.6 Å². The number of rotatable bonds is 3. The van der Waals surface area contributed by atoms with Crippen LogP contribution in [0.3, 0.4) is 0 Å². The van der Waals surface area contributed by atoms with Crippen molar-refractivity contribution in [1.82, 2.24) is 0 Å². The molecule has 1 aliphatic heterocycles. The van der Waals surface area contributed by atoms with Gasteiger partial charge in [-0.2, -0.15) is 0 Å². The molecule has 0 spiro atoms. The van der Waals surface area contributed by atoms with Gasteiger partial charge in [0.1, 0.15) is 11.9 Å². The highest BCUT2D eigenvalue weighted by Gasteiger charge is 2.28. The molecule has 26 heavy (non-hydrogen) atoms. The van der Waals surface area contributed by atoms with Gasteiger partial charge in [-0.1, -0.05) is 29.3 Å². The molecule has 0 bridgehead atoms. The molecule has 1 aliphatic rings. The van der Waals surface area contributed by atoms with Crippen molar-refractivity contribution in [2.24, 2.45) is 0 Å². The van der Waals surface area contributed by atoms with Crippen LogP contribution in [-0.2, 0) is 14.8 Å². The average molecular weight is 415 g/mol. The molecule has 0 radical (unpaired) electrons. The Morgan fingerprint density at radius 1 is 1.23 bits per heavy atom. The quantitative estimate of drug-likeness (QED) is 0.825. The number of hydrogen-bond donors (Lipinski definition) is 1. The smallest absolute Gasteiger partial charge is 0.262 e. The fourth-order valence-electron chi connectivity index (χ4n) is 2.67. The van der Waals surface area contributed by atoms with Crippen molar-refractivity contribution in [3.8, 4) is 5.75 Å². The van der Waals surface area contributed by atoms with Crippen LogP contribution >= 0.6 is 23.2 Å². The Labute approximate surface area is 161 Å². The number of benzene rings is 2. The van der Waals surface area contributed by atoms with Gasteiger partial charge in [0.25, 0.3) is 10.0 Å². The number of sulfonamides is 1. The van der Waals surface area contributed by atoms with Gasteiger partial charge in [0.2, 0.25) is 5.91 Å². The predicted molar refractivity (Wildman–Crippen MR) is 102 cm³/mol. The molecule has 0 fully saturated rings. The zero-order chi connectivity index (χ0) is 19.1. The normalized spacial score (nSPS) is 16.6. The van der Waals surface area contributed by atoms with Gasteiger partial charge in [-0.15, -0.1) is 0 Å². The number of ether oxygens (including phenoxy) is 1. The Balaban J connectivity index is 2.02. The summed E-state index contributed by atoms with van der Waals surface area (Å²) < 4.78 is 33.6. The van der Waals surface area contributed by atoms with E-state index in [2.05, 4.69) is 4.72 Å². The third kappa shape index (κ3) is 3.60. The van der Waals surface area contributed by atoms with E-state index in [0.29, 0.717) is 18.0 Å². The van der Waals surface area contributed by atoms with Gasteiger partial charge >= 0.3 is 0 Å². The van der Waals surface area contributed by atoms with Crippen molar-refractivity contribution in [3.05, 3.63) is 46.4 Å². The molecule has 0 aliphatic carbocycles. The number of nitrogens with zero attached hydrogens (tertiary/aromatic N) is 1. The summed E-state index contributed by atoms with van der Waals surface area (Å²) in [6.45, 7) is 3.60. The molecule has 0 aromatic heterocycles. The van der Waals surface area contributed by atoms with Crippen LogP contribution in [0.2, 0.25) is 10.0 Å². The third-order valence-electron chi connectivity index (χ3n) is 3.88. The van der Waals surface area contributed by atoms with Crippen LogP contribution < -0.4 is 14.4 Å². The summed E-state index contributed by atoms with van der Waals surface area (Å²) in [5.74, 6) is 0.256. The van der Waals surface area contributed by atoms with Crippen LogP contribution in [-0.4, -0.2) is 27.0 Å². The second kappa shape index (κ2) is 6.98. The highest BCUT2D eigenvalue weighted by Crippen LogP contribution is 2.37. The lowest BCUT2D eigenvalue weighted by Gasteiger charge is -2.33. The number of anilines is 2. The second-order valence-corrected chi connectivity index (χ2v) is 8.39. The largest absolute Gasteiger partial charge is 0.487 e. The SMILES string of the molecule is CC(=O)N1CC(C)Oc2ccc(S(=O)(=O)Nc3c(Cl)cccc3Cl)cc21. The summed E-state index contributed by atoms with van der Waals surface area (Å²) in [7, 11) is -3.97. The third-order valence-corrected chi connectivity index (χ3v) is 5.86. The fourth-order valence-corrected chi connectivity index (χ4v) is 4.40.